The summed E-state index contributed by atoms with van der Waals surface area (Å²) >= 11 is 0.960. The summed E-state index contributed by atoms with van der Waals surface area (Å²) in [7, 11) is -1.11. The fraction of sp³-hybridized carbons (Fsp3) is 0.556. The van der Waals surface area contributed by atoms with Gasteiger partial charge in [-0.3, -0.25) is 9.59 Å². The largest absolute Gasteiger partial charge is 0.469 e. The molecule has 0 aliphatic carbocycles. The topological polar surface area (TPSA) is 109 Å². The summed E-state index contributed by atoms with van der Waals surface area (Å²) in [5, 5.41) is 1.54. The fourth-order valence-corrected chi connectivity index (χ4v) is 2.62. The maximum absolute atomic E-state index is 11.8. The van der Waals surface area contributed by atoms with Crippen LogP contribution in [0.2, 0.25) is 0 Å². The van der Waals surface area contributed by atoms with E-state index in [1.54, 1.807) is 5.38 Å². The van der Waals surface area contributed by atoms with Gasteiger partial charge in [0.2, 0.25) is 0 Å². The highest BCUT2D eigenvalue weighted by molar-refractivity contribution is 7.87. The molecule has 0 fully saturated rings. The van der Waals surface area contributed by atoms with Gasteiger partial charge < -0.3 is 9.72 Å². The first kappa shape index (κ1) is 15.8. The van der Waals surface area contributed by atoms with Gasteiger partial charge in [0.05, 0.1) is 20.1 Å². The Morgan fingerprint density at radius 3 is 2.79 bits per heavy atom. The second-order valence-corrected chi connectivity index (χ2v) is 6.35. The Morgan fingerprint density at radius 1 is 1.58 bits per heavy atom. The molecule has 0 unspecified atom stereocenters. The molecule has 0 radical (unpaired) electrons. The van der Waals surface area contributed by atoms with Gasteiger partial charge in [0, 0.05) is 24.7 Å². The summed E-state index contributed by atoms with van der Waals surface area (Å²) in [5.74, 6) is -0.482. The van der Waals surface area contributed by atoms with Crippen LogP contribution in [0.15, 0.2) is 10.2 Å². The second-order valence-electron chi connectivity index (χ2n) is 3.65. The zero-order valence-corrected chi connectivity index (χ0v) is 12.1. The summed E-state index contributed by atoms with van der Waals surface area (Å²) in [6, 6.07) is 0. The van der Waals surface area contributed by atoms with Gasteiger partial charge >= 0.3 is 10.8 Å². The number of carbonyl (C=O) groups excluding carboxylic acids is 1. The summed E-state index contributed by atoms with van der Waals surface area (Å²) in [6.07, 6.45) is -0.0246. The third kappa shape index (κ3) is 5.11. The van der Waals surface area contributed by atoms with Gasteiger partial charge in [-0.15, -0.1) is 0 Å². The molecule has 10 heteroatoms. The van der Waals surface area contributed by atoms with Gasteiger partial charge in [0.25, 0.3) is 10.2 Å². The van der Waals surface area contributed by atoms with E-state index in [0.717, 1.165) is 15.6 Å². The van der Waals surface area contributed by atoms with Crippen molar-refractivity contribution in [3.63, 3.8) is 0 Å². The fourth-order valence-electron chi connectivity index (χ4n) is 1.15. The number of aromatic nitrogens is 1. The molecular formula is C9H15N3O5S2. The second kappa shape index (κ2) is 6.80. The monoisotopic (exact) mass is 309 g/mol. The molecule has 0 spiro atoms. The first-order chi connectivity index (χ1) is 8.85. The van der Waals surface area contributed by atoms with E-state index in [1.165, 1.54) is 14.2 Å². The molecule has 0 amide bonds. The van der Waals surface area contributed by atoms with Crippen molar-refractivity contribution in [2.45, 2.75) is 13.0 Å². The van der Waals surface area contributed by atoms with Gasteiger partial charge in [-0.1, -0.05) is 11.3 Å². The van der Waals surface area contributed by atoms with E-state index in [-0.39, 0.29) is 24.4 Å². The van der Waals surface area contributed by atoms with E-state index >= 15 is 0 Å². The van der Waals surface area contributed by atoms with Crippen LogP contribution in [0.4, 0.5) is 0 Å². The van der Waals surface area contributed by atoms with Crippen molar-refractivity contribution in [1.82, 2.24) is 14.0 Å². The Bertz CT molecular complexity index is 577. The van der Waals surface area contributed by atoms with Crippen molar-refractivity contribution < 1.29 is 17.9 Å². The van der Waals surface area contributed by atoms with Crippen LogP contribution >= 0.6 is 11.3 Å². The average molecular weight is 309 g/mol. The van der Waals surface area contributed by atoms with E-state index in [0.29, 0.717) is 5.69 Å². The zero-order chi connectivity index (χ0) is 14.5. The molecule has 0 saturated heterocycles. The molecule has 1 aromatic rings. The number of H-pyrrole nitrogens is 1. The molecule has 1 heterocycles. The Labute approximate surface area is 114 Å². The third-order valence-corrected chi connectivity index (χ3v) is 4.52. The quantitative estimate of drug-likeness (QED) is 0.645. The first-order valence-corrected chi connectivity index (χ1v) is 7.61. The van der Waals surface area contributed by atoms with Crippen molar-refractivity contribution in [3.05, 3.63) is 20.7 Å². The molecule has 0 aliphatic heterocycles. The minimum absolute atomic E-state index is 0.0103. The van der Waals surface area contributed by atoms with E-state index in [1.807, 2.05) is 0 Å². The van der Waals surface area contributed by atoms with Crippen LogP contribution in [0.25, 0.3) is 0 Å². The van der Waals surface area contributed by atoms with Crippen LogP contribution in [0.5, 0.6) is 0 Å². The highest BCUT2D eigenvalue weighted by Gasteiger charge is 2.18. The lowest BCUT2D eigenvalue weighted by atomic mass is 10.4. The Kier molecular flexibility index (Phi) is 5.66. The molecule has 19 heavy (non-hydrogen) atoms. The molecule has 108 valence electrons. The van der Waals surface area contributed by atoms with Gasteiger partial charge in [0.1, 0.15) is 0 Å². The van der Waals surface area contributed by atoms with Crippen molar-refractivity contribution in [2.75, 3.05) is 20.7 Å². The molecule has 1 aromatic heterocycles. The van der Waals surface area contributed by atoms with Crippen molar-refractivity contribution in [1.29, 1.82) is 0 Å². The van der Waals surface area contributed by atoms with Gasteiger partial charge in [0.15, 0.2) is 0 Å². The number of ether oxygens (including phenoxy) is 1. The Hall–Kier alpha value is -1.23. The SMILES string of the molecule is COC(=O)CCN(C)S(=O)(=O)NCc1csc(=O)[nH]1. The maximum atomic E-state index is 11.8. The lowest BCUT2D eigenvalue weighted by molar-refractivity contribution is -0.140. The van der Waals surface area contributed by atoms with Crippen LogP contribution in [0.3, 0.4) is 0 Å². The Morgan fingerprint density at radius 2 is 2.26 bits per heavy atom. The molecule has 0 saturated carbocycles. The number of carbonyl (C=O) groups is 1. The molecule has 0 aliphatic rings. The number of hydrogen-bond donors (Lipinski definition) is 2. The standard InChI is InChI=1S/C9H15N3O5S2/c1-12(4-3-8(13)17-2)19(15,16)10-5-7-6-18-9(14)11-7/h6,10H,3-5H2,1-2H3,(H,11,14). The predicted octanol–water partition coefficient (Wildman–Crippen LogP) is -0.734. The molecule has 8 nitrogen and oxygen atoms in total. The number of esters is 1. The first-order valence-electron chi connectivity index (χ1n) is 5.29. The van der Waals surface area contributed by atoms with Crippen molar-refractivity contribution in [2.24, 2.45) is 0 Å². The minimum Gasteiger partial charge on any atom is -0.469 e. The zero-order valence-electron chi connectivity index (χ0n) is 10.5. The molecule has 1 rings (SSSR count). The molecule has 0 atom stereocenters. The molecule has 0 bridgehead atoms. The van der Waals surface area contributed by atoms with E-state index in [4.69, 9.17) is 0 Å². The summed E-state index contributed by atoms with van der Waals surface area (Å²) < 4.78 is 31.3. The van der Waals surface area contributed by atoms with E-state index in [9.17, 15) is 18.0 Å². The third-order valence-electron chi connectivity index (χ3n) is 2.28. The van der Waals surface area contributed by atoms with Crippen LogP contribution in [-0.4, -0.2) is 44.4 Å². The lowest BCUT2D eigenvalue weighted by Gasteiger charge is -2.16. The van der Waals surface area contributed by atoms with Gasteiger partial charge in [-0.25, -0.2) is 0 Å². The normalized spacial score (nSPS) is 11.7. The maximum Gasteiger partial charge on any atom is 0.306 e. The molecule has 0 aromatic carbocycles. The van der Waals surface area contributed by atoms with Crippen LogP contribution in [0.1, 0.15) is 12.1 Å². The van der Waals surface area contributed by atoms with Crippen LogP contribution < -0.4 is 9.60 Å². The number of hydrogen-bond acceptors (Lipinski definition) is 6. The van der Waals surface area contributed by atoms with Gasteiger partial charge in [-0.05, 0) is 0 Å². The number of methoxy groups -OCH3 is 1. The number of nitrogens with one attached hydrogen (secondary N) is 2. The Balaban J connectivity index is 2.50. The van der Waals surface area contributed by atoms with Crippen molar-refractivity contribution in [3.8, 4) is 0 Å². The summed E-state index contributed by atoms with van der Waals surface area (Å²) in [5.41, 5.74) is 0.486. The summed E-state index contributed by atoms with van der Waals surface area (Å²) in [6.45, 7) is 0.00575. The minimum atomic E-state index is -3.69. The number of nitrogens with zero attached hydrogens (tertiary/aromatic N) is 1. The van der Waals surface area contributed by atoms with Crippen molar-refractivity contribution >= 4 is 27.5 Å². The number of thiazole rings is 1. The predicted molar refractivity (Wildman–Crippen MR) is 70.0 cm³/mol. The highest BCUT2D eigenvalue weighted by Crippen LogP contribution is 2.00. The average Bonchev–Trinajstić information content (AvgIpc) is 2.79. The molecule has 2 N–H and O–H groups in total. The number of rotatable bonds is 7. The lowest BCUT2D eigenvalue weighted by Crippen LogP contribution is -2.39. The van der Waals surface area contributed by atoms with Crippen LogP contribution in [-0.2, 0) is 26.3 Å². The summed E-state index contributed by atoms with van der Waals surface area (Å²) in [4.78, 5) is 24.1. The molecular weight excluding hydrogens is 294 g/mol. The van der Waals surface area contributed by atoms with Crippen LogP contribution in [0, 0.1) is 0 Å². The highest BCUT2D eigenvalue weighted by atomic mass is 32.2. The smallest absolute Gasteiger partial charge is 0.306 e. The van der Waals surface area contributed by atoms with Gasteiger partial charge in [-0.2, -0.15) is 17.4 Å². The number of aromatic amines is 1. The van der Waals surface area contributed by atoms with E-state index in [2.05, 4.69) is 14.4 Å². The van der Waals surface area contributed by atoms with E-state index < -0.39 is 16.2 Å².